The van der Waals surface area contributed by atoms with Crippen LogP contribution < -0.4 is 0 Å². The van der Waals surface area contributed by atoms with Gasteiger partial charge < -0.3 is 5.11 Å². The first kappa shape index (κ1) is 13.9. The molecule has 0 aromatic carbocycles. The fraction of sp³-hybridized carbons (Fsp3) is 0.571. The van der Waals surface area contributed by atoms with Crippen LogP contribution in [0.3, 0.4) is 0 Å². The predicted molar refractivity (Wildman–Crippen MR) is 50.4 cm³/mol. The van der Waals surface area contributed by atoms with Crippen LogP contribution in [0.15, 0.2) is 11.2 Å². The molecule has 0 spiro atoms. The number of H-pyrrole nitrogens is 1. The number of hydrogen-bond donors (Lipinski definition) is 2. The lowest BCUT2D eigenvalue weighted by Crippen LogP contribution is -2.36. The Kier molecular flexibility index (Phi) is 3.79. The fourth-order valence-corrected chi connectivity index (χ4v) is 2.37. The highest BCUT2D eigenvalue weighted by Crippen LogP contribution is 2.21. The molecule has 1 rings (SSSR count). The number of nitrogens with zero attached hydrogens (tertiary/aromatic N) is 2. The van der Waals surface area contributed by atoms with Crippen molar-refractivity contribution in [2.75, 3.05) is 13.6 Å². The molecule has 0 radical (unpaired) electrons. The largest absolute Gasteiger partial charge is 0.402 e. The van der Waals surface area contributed by atoms with Crippen LogP contribution in [0, 0.1) is 0 Å². The molecule has 0 saturated carbocycles. The van der Waals surface area contributed by atoms with Crippen LogP contribution in [0.4, 0.5) is 13.2 Å². The number of hydrogen-bond acceptors (Lipinski definition) is 4. The average Bonchev–Trinajstić information content (AvgIpc) is 2.62. The van der Waals surface area contributed by atoms with Crippen LogP contribution in [0.2, 0.25) is 0 Å². The van der Waals surface area contributed by atoms with Crippen molar-refractivity contribution < 1.29 is 26.7 Å². The summed E-state index contributed by atoms with van der Waals surface area (Å²) in [5.74, 6) is 0. The molecule has 0 bridgehead atoms. The Bertz CT molecular complexity index is 482. The van der Waals surface area contributed by atoms with Crippen molar-refractivity contribution in [3.63, 3.8) is 0 Å². The zero-order valence-electron chi connectivity index (χ0n) is 8.69. The first-order chi connectivity index (χ1) is 7.68. The van der Waals surface area contributed by atoms with Gasteiger partial charge >= 0.3 is 6.18 Å². The fourth-order valence-electron chi connectivity index (χ4n) is 1.13. The van der Waals surface area contributed by atoms with Crippen LogP contribution in [0.25, 0.3) is 0 Å². The molecule has 17 heavy (non-hydrogen) atoms. The van der Waals surface area contributed by atoms with E-state index in [0.29, 0.717) is 0 Å². The maximum absolute atomic E-state index is 12.1. The van der Waals surface area contributed by atoms with Crippen molar-refractivity contribution in [3.05, 3.63) is 11.8 Å². The molecule has 2 N–H and O–H groups in total. The Hall–Kier alpha value is -1.13. The maximum Gasteiger partial charge on any atom is 0.402 e. The number of sulfonamides is 1. The Morgan fingerprint density at radius 3 is 2.59 bits per heavy atom. The highest BCUT2D eigenvalue weighted by molar-refractivity contribution is 7.89. The number of aromatic nitrogens is 2. The van der Waals surface area contributed by atoms with E-state index in [2.05, 4.69) is 10.2 Å². The summed E-state index contributed by atoms with van der Waals surface area (Å²) in [6.45, 7) is -2.25. The molecule has 1 aromatic rings. The SMILES string of the molecule is CN(CC(F)(F)F)S(=O)(=O)c1[nH]ncc1CO. The van der Waals surface area contributed by atoms with E-state index < -0.39 is 34.4 Å². The zero-order valence-corrected chi connectivity index (χ0v) is 9.51. The van der Waals surface area contributed by atoms with E-state index in [-0.39, 0.29) is 9.87 Å². The van der Waals surface area contributed by atoms with Crippen LogP contribution in [0.1, 0.15) is 5.56 Å². The second-order valence-electron chi connectivity index (χ2n) is 3.26. The van der Waals surface area contributed by atoms with Crippen molar-refractivity contribution in [3.8, 4) is 0 Å². The van der Waals surface area contributed by atoms with Gasteiger partial charge in [-0.1, -0.05) is 0 Å². The van der Waals surface area contributed by atoms with E-state index in [4.69, 9.17) is 5.11 Å². The monoisotopic (exact) mass is 273 g/mol. The van der Waals surface area contributed by atoms with E-state index in [1.165, 1.54) is 0 Å². The minimum absolute atomic E-state index is 0.0842. The molecule has 0 aliphatic carbocycles. The van der Waals surface area contributed by atoms with E-state index in [0.717, 1.165) is 13.2 Å². The number of nitrogens with one attached hydrogen (secondary N) is 1. The topological polar surface area (TPSA) is 86.3 Å². The third-order valence-electron chi connectivity index (χ3n) is 1.92. The Labute approximate surface area is 95.1 Å². The summed E-state index contributed by atoms with van der Waals surface area (Å²) in [4.78, 5) is 0. The van der Waals surface area contributed by atoms with Crippen molar-refractivity contribution in [1.29, 1.82) is 0 Å². The highest BCUT2D eigenvalue weighted by atomic mass is 32.2. The third kappa shape index (κ3) is 3.17. The summed E-state index contributed by atoms with van der Waals surface area (Å²) in [5.41, 5.74) is -0.0842. The molecule has 0 unspecified atom stereocenters. The first-order valence-corrected chi connectivity index (χ1v) is 5.78. The lowest BCUT2D eigenvalue weighted by molar-refractivity contribution is -0.134. The van der Waals surface area contributed by atoms with E-state index in [1.807, 2.05) is 0 Å². The van der Waals surface area contributed by atoms with E-state index in [9.17, 15) is 21.6 Å². The summed E-state index contributed by atoms with van der Waals surface area (Å²) in [5, 5.41) is 13.7. The zero-order chi connectivity index (χ0) is 13.3. The van der Waals surface area contributed by atoms with Crippen LogP contribution in [-0.4, -0.2) is 47.8 Å². The van der Waals surface area contributed by atoms with Crippen molar-refractivity contribution in [2.45, 2.75) is 17.8 Å². The van der Waals surface area contributed by atoms with E-state index in [1.54, 1.807) is 0 Å². The standard InChI is InChI=1S/C7H10F3N3O3S/c1-13(4-7(8,9)10)17(15,16)6-5(3-14)2-11-12-6/h2,14H,3-4H2,1H3,(H,11,12). The van der Waals surface area contributed by atoms with Gasteiger partial charge in [-0.3, -0.25) is 5.10 Å². The molecule has 0 saturated heterocycles. The van der Waals surface area contributed by atoms with Gasteiger partial charge in [0.2, 0.25) is 0 Å². The summed E-state index contributed by atoms with van der Waals surface area (Å²) >= 11 is 0. The van der Waals surface area contributed by atoms with Gasteiger partial charge in [-0.2, -0.15) is 22.6 Å². The van der Waals surface area contributed by atoms with Gasteiger partial charge in [-0.05, 0) is 0 Å². The Morgan fingerprint density at radius 1 is 1.53 bits per heavy atom. The Morgan fingerprint density at radius 2 is 2.12 bits per heavy atom. The average molecular weight is 273 g/mol. The molecule has 6 nitrogen and oxygen atoms in total. The Balaban J connectivity index is 3.04. The molecule has 1 heterocycles. The maximum atomic E-state index is 12.1. The van der Waals surface area contributed by atoms with Gasteiger partial charge in [0.25, 0.3) is 10.0 Å². The van der Waals surface area contributed by atoms with Crippen molar-refractivity contribution >= 4 is 10.0 Å². The first-order valence-electron chi connectivity index (χ1n) is 4.34. The third-order valence-corrected chi connectivity index (χ3v) is 3.74. The molecular weight excluding hydrogens is 263 g/mol. The molecule has 0 aliphatic heterocycles. The molecular formula is C7H10F3N3O3S. The molecule has 0 atom stereocenters. The van der Waals surface area contributed by atoms with Crippen LogP contribution in [-0.2, 0) is 16.6 Å². The number of aliphatic hydroxyl groups excluding tert-OH is 1. The van der Waals surface area contributed by atoms with Gasteiger partial charge in [0.05, 0.1) is 12.8 Å². The number of alkyl halides is 3. The number of aliphatic hydroxyl groups is 1. The molecule has 0 amide bonds. The number of halogens is 3. The summed E-state index contributed by atoms with van der Waals surface area (Å²) < 4.78 is 59.8. The second-order valence-corrected chi connectivity index (χ2v) is 5.24. The molecule has 0 aliphatic rings. The predicted octanol–water partition coefficient (Wildman–Crippen LogP) is 0.0848. The van der Waals surface area contributed by atoms with Gasteiger partial charge in [-0.25, -0.2) is 8.42 Å². The van der Waals surface area contributed by atoms with Gasteiger partial charge in [0.15, 0.2) is 5.03 Å². The smallest absolute Gasteiger partial charge is 0.392 e. The van der Waals surface area contributed by atoms with Gasteiger partial charge in [0.1, 0.15) is 6.54 Å². The van der Waals surface area contributed by atoms with Gasteiger partial charge in [-0.15, -0.1) is 0 Å². The van der Waals surface area contributed by atoms with Crippen LogP contribution in [0.5, 0.6) is 0 Å². The normalized spacial score (nSPS) is 13.3. The van der Waals surface area contributed by atoms with Gasteiger partial charge in [0, 0.05) is 12.6 Å². The second kappa shape index (κ2) is 4.63. The summed E-state index contributed by atoms with van der Waals surface area (Å²) in [6, 6.07) is 0. The summed E-state index contributed by atoms with van der Waals surface area (Å²) in [6.07, 6.45) is -3.60. The van der Waals surface area contributed by atoms with Crippen LogP contribution >= 0.6 is 0 Å². The highest BCUT2D eigenvalue weighted by Gasteiger charge is 2.36. The number of aromatic amines is 1. The minimum Gasteiger partial charge on any atom is -0.392 e. The molecule has 10 heteroatoms. The van der Waals surface area contributed by atoms with E-state index >= 15 is 0 Å². The number of rotatable bonds is 4. The van der Waals surface area contributed by atoms with Crippen molar-refractivity contribution in [1.82, 2.24) is 14.5 Å². The lowest BCUT2D eigenvalue weighted by Gasteiger charge is -2.18. The molecule has 1 aromatic heterocycles. The lowest BCUT2D eigenvalue weighted by atomic mass is 10.4. The minimum atomic E-state index is -4.64. The van der Waals surface area contributed by atoms with Crippen molar-refractivity contribution in [2.24, 2.45) is 0 Å². The molecule has 98 valence electrons. The molecule has 0 fully saturated rings. The summed E-state index contributed by atoms with van der Waals surface area (Å²) in [7, 11) is -3.54. The quantitative estimate of drug-likeness (QED) is 0.813.